The third-order valence-corrected chi connectivity index (χ3v) is 4.10. The molecule has 0 atom stereocenters. The quantitative estimate of drug-likeness (QED) is 0.251. The lowest BCUT2D eigenvalue weighted by atomic mass is 10.3. The van der Waals surface area contributed by atoms with Crippen LogP contribution in [0.15, 0.2) is 0 Å². The normalized spacial score (nSPS) is 12.1. The lowest BCUT2D eigenvalue weighted by molar-refractivity contribution is -0.890. The van der Waals surface area contributed by atoms with E-state index < -0.39 is 0 Å². The van der Waals surface area contributed by atoms with Gasteiger partial charge in [-0.2, -0.15) is 0 Å². The molecule has 0 radical (unpaired) electrons. The second-order valence-electron chi connectivity index (χ2n) is 8.59. The summed E-state index contributed by atoms with van der Waals surface area (Å²) < 4.78 is 7.27. The molecule has 26 heavy (non-hydrogen) atoms. The van der Waals surface area contributed by atoms with E-state index in [2.05, 4.69) is 52.8 Å². The van der Waals surface area contributed by atoms with E-state index in [9.17, 15) is 9.59 Å². The van der Waals surface area contributed by atoms with Gasteiger partial charge in [0.05, 0.1) is 54.9 Å². The van der Waals surface area contributed by atoms with Crippen LogP contribution in [0.3, 0.4) is 0 Å². The third kappa shape index (κ3) is 16.3. The molecule has 0 unspecified atom stereocenters. The smallest absolute Gasteiger partial charge is 0.229 e. The van der Waals surface area contributed by atoms with Crippen molar-refractivity contribution in [2.75, 3.05) is 81.2 Å². The second-order valence-corrected chi connectivity index (χ2v) is 8.59. The minimum atomic E-state index is -0.203. The van der Waals surface area contributed by atoms with Crippen LogP contribution in [-0.4, -0.2) is 102 Å². The van der Waals surface area contributed by atoms with Crippen LogP contribution in [0.2, 0.25) is 0 Å². The molecule has 0 saturated carbocycles. The molecule has 2 N–H and O–H groups in total. The minimum Gasteiger partial charge on any atom is -0.376 e. The molecular formula is C19H42N4O3+2. The highest BCUT2D eigenvalue weighted by molar-refractivity contribution is 5.96. The Hall–Kier alpha value is -1.18. The van der Waals surface area contributed by atoms with Crippen molar-refractivity contribution < 1.29 is 23.3 Å². The Balaban J connectivity index is 3.73. The van der Waals surface area contributed by atoms with Crippen LogP contribution in [0.1, 0.15) is 32.6 Å². The molecule has 0 saturated heterocycles. The van der Waals surface area contributed by atoms with Crippen LogP contribution in [0.5, 0.6) is 0 Å². The Morgan fingerprint density at radius 1 is 0.808 bits per heavy atom. The van der Waals surface area contributed by atoms with E-state index in [1.165, 1.54) is 0 Å². The van der Waals surface area contributed by atoms with E-state index in [4.69, 9.17) is 4.74 Å². The second kappa shape index (κ2) is 13.1. The van der Waals surface area contributed by atoms with Gasteiger partial charge >= 0.3 is 0 Å². The van der Waals surface area contributed by atoms with Crippen molar-refractivity contribution in [3.05, 3.63) is 0 Å². The van der Waals surface area contributed by atoms with E-state index >= 15 is 0 Å². The van der Waals surface area contributed by atoms with Crippen molar-refractivity contribution in [1.29, 1.82) is 0 Å². The number of nitrogens with zero attached hydrogens (tertiary/aromatic N) is 2. The zero-order valence-corrected chi connectivity index (χ0v) is 17.9. The van der Waals surface area contributed by atoms with Gasteiger partial charge in [0.2, 0.25) is 11.8 Å². The lowest BCUT2D eigenvalue weighted by Gasteiger charge is -2.29. The van der Waals surface area contributed by atoms with Crippen LogP contribution in [0, 0.1) is 0 Å². The van der Waals surface area contributed by atoms with Crippen LogP contribution < -0.4 is 10.6 Å². The molecule has 0 aromatic rings. The molecule has 0 rings (SSSR count). The van der Waals surface area contributed by atoms with Crippen molar-refractivity contribution in [2.45, 2.75) is 32.6 Å². The topological polar surface area (TPSA) is 67.4 Å². The highest BCUT2D eigenvalue weighted by Gasteiger charge is 2.15. The average Bonchev–Trinajstić information content (AvgIpc) is 2.51. The number of hydrogen-bond acceptors (Lipinski definition) is 3. The predicted octanol–water partition coefficient (Wildman–Crippen LogP) is 0.598. The SMILES string of the molecule is CCCOCC[N+](C)(C)CCCNC(=O)CC(=O)NCCC[N+](C)(C)C. The van der Waals surface area contributed by atoms with Crippen LogP contribution in [-0.2, 0) is 14.3 Å². The fourth-order valence-corrected chi connectivity index (χ4v) is 2.46. The van der Waals surface area contributed by atoms with Crippen molar-refractivity contribution in [2.24, 2.45) is 0 Å². The summed E-state index contributed by atoms with van der Waals surface area (Å²) in [5, 5.41) is 5.64. The standard InChI is InChI=1S/C19H40N4O3/c1-7-15-26-16-14-23(5,6)13-9-11-21-19(25)17-18(24)20-10-8-12-22(2,3)4/h7-17H2,1-6H3/p+2. The molecule has 7 heteroatoms. The zero-order valence-electron chi connectivity index (χ0n) is 17.9. The molecule has 7 nitrogen and oxygen atoms in total. The van der Waals surface area contributed by atoms with Gasteiger partial charge in [0, 0.05) is 32.5 Å². The molecule has 2 amide bonds. The first-order chi connectivity index (χ1) is 12.1. The maximum absolute atomic E-state index is 11.8. The van der Waals surface area contributed by atoms with Crippen LogP contribution in [0.25, 0.3) is 0 Å². The molecule has 0 aliphatic heterocycles. The first-order valence-electron chi connectivity index (χ1n) is 9.79. The Morgan fingerprint density at radius 3 is 1.85 bits per heavy atom. The summed E-state index contributed by atoms with van der Waals surface area (Å²) in [4.78, 5) is 23.6. The Morgan fingerprint density at radius 2 is 1.35 bits per heavy atom. The summed E-state index contributed by atoms with van der Waals surface area (Å²) in [5.41, 5.74) is 0. The average molecular weight is 375 g/mol. The molecule has 0 aliphatic carbocycles. The summed E-state index contributed by atoms with van der Waals surface area (Å²) in [6.07, 6.45) is 2.75. The Labute approximate surface area is 160 Å². The van der Waals surface area contributed by atoms with Gasteiger partial charge in [-0.05, 0) is 6.42 Å². The maximum Gasteiger partial charge on any atom is 0.229 e. The Kier molecular flexibility index (Phi) is 12.5. The number of amides is 2. The molecular weight excluding hydrogens is 332 g/mol. The van der Waals surface area contributed by atoms with E-state index in [1.807, 2.05) is 0 Å². The summed E-state index contributed by atoms with van der Waals surface area (Å²) in [7, 11) is 10.7. The molecule has 0 spiro atoms. The lowest BCUT2D eigenvalue weighted by Crippen LogP contribution is -2.44. The Bertz CT molecular complexity index is 406. The van der Waals surface area contributed by atoms with E-state index in [-0.39, 0.29) is 18.2 Å². The highest BCUT2D eigenvalue weighted by atomic mass is 16.5. The number of quaternary nitrogens is 2. The summed E-state index contributed by atoms with van der Waals surface area (Å²) in [5.74, 6) is -0.404. The first-order valence-corrected chi connectivity index (χ1v) is 9.79. The highest BCUT2D eigenvalue weighted by Crippen LogP contribution is 1.99. The van der Waals surface area contributed by atoms with E-state index in [1.54, 1.807) is 0 Å². The number of likely N-dealkylation sites (N-methyl/N-ethyl adjacent to an activating group) is 1. The van der Waals surface area contributed by atoms with Crippen molar-refractivity contribution in [3.8, 4) is 0 Å². The van der Waals surface area contributed by atoms with Gasteiger partial charge in [-0.25, -0.2) is 0 Å². The van der Waals surface area contributed by atoms with Crippen LogP contribution in [0.4, 0.5) is 0 Å². The molecule has 0 aliphatic rings. The zero-order chi connectivity index (χ0) is 20.1. The van der Waals surface area contributed by atoms with Gasteiger partial charge in [0.15, 0.2) is 0 Å². The van der Waals surface area contributed by atoms with E-state index in [0.717, 1.165) is 61.1 Å². The van der Waals surface area contributed by atoms with Gasteiger partial charge in [0.25, 0.3) is 0 Å². The minimum absolute atomic E-state index is 0.0898. The largest absolute Gasteiger partial charge is 0.376 e. The molecule has 154 valence electrons. The van der Waals surface area contributed by atoms with Crippen molar-refractivity contribution in [3.63, 3.8) is 0 Å². The van der Waals surface area contributed by atoms with Gasteiger partial charge in [0.1, 0.15) is 13.0 Å². The van der Waals surface area contributed by atoms with E-state index in [0.29, 0.717) is 13.1 Å². The van der Waals surface area contributed by atoms with Gasteiger partial charge in [-0.3, -0.25) is 9.59 Å². The predicted molar refractivity (Wildman–Crippen MR) is 106 cm³/mol. The molecule has 0 aromatic carbocycles. The number of ether oxygens (including phenoxy) is 1. The molecule has 0 bridgehead atoms. The first kappa shape index (κ1) is 24.8. The van der Waals surface area contributed by atoms with Crippen molar-refractivity contribution >= 4 is 11.8 Å². The summed E-state index contributed by atoms with van der Waals surface area (Å²) >= 11 is 0. The number of rotatable bonds is 15. The monoisotopic (exact) mass is 374 g/mol. The fraction of sp³-hybridized carbons (Fsp3) is 0.895. The molecule has 0 heterocycles. The van der Waals surface area contributed by atoms with Gasteiger partial charge in [-0.15, -0.1) is 0 Å². The number of carbonyl (C=O) groups excluding carboxylic acids is 2. The molecule has 0 aromatic heterocycles. The number of carbonyl (C=O) groups is 2. The summed E-state index contributed by atoms with van der Waals surface area (Å²) in [6, 6.07) is 0. The van der Waals surface area contributed by atoms with Gasteiger partial charge in [-0.1, -0.05) is 6.92 Å². The van der Waals surface area contributed by atoms with Gasteiger partial charge < -0.3 is 24.3 Å². The number of nitrogens with one attached hydrogen (secondary N) is 2. The van der Waals surface area contributed by atoms with Crippen LogP contribution >= 0.6 is 0 Å². The number of hydrogen-bond donors (Lipinski definition) is 2. The maximum atomic E-state index is 11.8. The molecule has 0 fully saturated rings. The fourth-order valence-electron chi connectivity index (χ4n) is 2.46. The summed E-state index contributed by atoms with van der Waals surface area (Å²) in [6.45, 7) is 7.82. The third-order valence-electron chi connectivity index (χ3n) is 4.10. The van der Waals surface area contributed by atoms with Crippen molar-refractivity contribution in [1.82, 2.24) is 10.6 Å².